The lowest BCUT2D eigenvalue weighted by atomic mass is 9.95. The first-order valence-corrected chi connectivity index (χ1v) is 12.1. The normalized spacial score (nSPS) is 15.2. The molecular formula is C28H38N2O2. The van der Waals surface area contributed by atoms with Crippen LogP contribution in [0.4, 0.5) is 0 Å². The third-order valence-corrected chi connectivity index (χ3v) is 6.70. The second-order valence-corrected chi connectivity index (χ2v) is 9.37. The van der Waals surface area contributed by atoms with Crippen LogP contribution in [-0.4, -0.2) is 28.8 Å². The highest BCUT2D eigenvalue weighted by Crippen LogP contribution is 2.20. The van der Waals surface area contributed by atoms with Gasteiger partial charge in [-0.1, -0.05) is 74.2 Å². The third-order valence-electron chi connectivity index (χ3n) is 6.70. The first-order valence-electron chi connectivity index (χ1n) is 12.1. The Morgan fingerprint density at radius 3 is 2.38 bits per heavy atom. The van der Waals surface area contributed by atoms with E-state index in [1.807, 2.05) is 25.1 Å². The minimum atomic E-state index is -0.462. The number of carbonyl (C=O) groups excluding carboxylic acids is 2. The van der Waals surface area contributed by atoms with Crippen molar-refractivity contribution in [1.82, 2.24) is 10.2 Å². The molecule has 2 aromatic rings. The van der Waals surface area contributed by atoms with Crippen LogP contribution in [0.1, 0.15) is 73.3 Å². The first-order chi connectivity index (χ1) is 15.4. The topological polar surface area (TPSA) is 49.4 Å². The maximum absolute atomic E-state index is 13.5. The van der Waals surface area contributed by atoms with Gasteiger partial charge in [-0.15, -0.1) is 0 Å². The van der Waals surface area contributed by atoms with Crippen molar-refractivity contribution in [2.75, 3.05) is 0 Å². The van der Waals surface area contributed by atoms with Gasteiger partial charge in [0.15, 0.2) is 0 Å². The molecule has 4 nitrogen and oxygen atoms in total. The summed E-state index contributed by atoms with van der Waals surface area (Å²) >= 11 is 0. The second kappa shape index (κ2) is 11.3. The molecule has 3 rings (SSSR count). The lowest BCUT2D eigenvalue weighted by Gasteiger charge is -2.33. The molecule has 172 valence electrons. The molecule has 1 aliphatic rings. The van der Waals surface area contributed by atoms with E-state index in [1.165, 1.54) is 30.4 Å². The van der Waals surface area contributed by atoms with Crippen LogP contribution in [0, 0.1) is 20.8 Å². The van der Waals surface area contributed by atoms with Crippen molar-refractivity contribution in [2.24, 2.45) is 0 Å². The number of hydrogen-bond donors (Lipinski definition) is 1. The second-order valence-electron chi connectivity index (χ2n) is 9.37. The molecule has 1 fully saturated rings. The smallest absolute Gasteiger partial charge is 0.243 e. The summed E-state index contributed by atoms with van der Waals surface area (Å²) in [5, 5.41) is 3.25. The fraction of sp³-hybridized carbons (Fsp3) is 0.500. The molecule has 0 saturated heterocycles. The monoisotopic (exact) mass is 434 g/mol. The van der Waals surface area contributed by atoms with E-state index in [0.29, 0.717) is 19.4 Å². The van der Waals surface area contributed by atoms with E-state index in [1.54, 1.807) is 4.90 Å². The van der Waals surface area contributed by atoms with Gasteiger partial charge >= 0.3 is 0 Å². The Labute approximate surface area is 193 Å². The molecule has 1 aliphatic carbocycles. The number of benzene rings is 2. The van der Waals surface area contributed by atoms with E-state index in [0.717, 1.165) is 29.5 Å². The number of nitrogens with one attached hydrogen (secondary N) is 1. The summed E-state index contributed by atoms with van der Waals surface area (Å²) in [6.45, 7) is 8.64. The molecule has 0 heterocycles. The Balaban J connectivity index is 1.82. The minimum Gasteiger partial charge on any atom is -0.352 e. The highest BCUT2D eigenvalue weighted by molar-refractivity contribution is 5.88. The van der Waals surface area contributed by atoms with Crippen LogP contribution in [0.25, 0.3) is 0 Å². The van der Waals surface area contributed by atoms with Crippen molar-refractivity contribution in [1.29, 1.82) is 0 Å². The molecule has 1 saturated carbocycles. The summed E-state index contributed by atoms with van der Waals surface area (Å²) in [6, 6.07) is 14.2. The molecule has 0 bridgehead atoms. The van der Waals surface area contributed by atoms with Gasteiger partial charge in [-0.25, -0.2) is 0 Å². The maximum Gasteiger partial charge on any atom is 0.243 e. The molecule has 32 heavy (non-hydrogen) atoms. The minimum absolute atomic E-state index is 0.000373. The highest BCUT2D eigenvalue weighted by Gasteiger charge is 2.30. The number of rotatable bonds is 8. The number of nitrogens with zero attached hydrogens (tertiary/aromatic N) is 1. The standard InChI is InChI=1S/C28H38N2O2/c1-5-26(28(32)29-25-12-7-6-8-13-25)30(19-24-11-9-10-20(2)16-24)27(31)18-23-15-14-21(3)22(4)17-23/h9-11,14-17,25-26H,5-8,12-13,18-19H2,1-4H3,(H,29,32)/t26-/m0/s1. The van der Waals surface area contributed by atoms with Crippen LogP contribution in [-0.2, 0) is 22.6 Å². The molecule has 0 aliphatic heterocycles. The molecule has 0 spiro atoms. The van der Waals surface area contributed by atoms with E-state index in [9.17, 15) is 9.59 Å². The van der Waals surface area contributed by atoms with Crippen molar-refractivity contribution in [3.8, 4) is 0 Å². The van der Waals surface area contributed by atoms with Gasteiger partial charge < -0.3 is 10.2 Å². The predicted octanol–water partition coefficient (Wildman–Crippen LogP) is 5.41. The van der Waals surface area contributed by atoms with Crippen molar-refractivity contribution in [2.45, 2.75) is 91.3 Å². The summed E-state index contributed by atoms with van der Waals surface area (Å²) in [4.78, 5) is 28.6. The molecular weight excluding hydrogens is 396 g/mol. The third kappa shape index (κ3) is 6.44. The van der Waals surface area contributed by atoms with Gasteiger partial charge in [-0.3, -0.25) is 9.59 Å². The Morgan fingerprint density at radius 1 is 0.969 bits per heavy atom. The average Bonchev–Trinajstić information content (AvgIpc) is 2.77. The average molecular weight is 435 g/mol. The van der Waals surface area contributed by atoms with Crippen molar-refractivity contribution < 1.29 is 9.59 Å². The summed E-state index contributed by atoms with van der Waals surface area (Å²) in [5.41, 5.74) is 5.61. The Kier molecular flexibility index (Phi) is 8.49. The van der Waals surface area contributed by atoms with E-state index < -0.39 is 6.04 Å². The highest BCUT2D eigenvalue weighted by atomic mass is 16.2. The SMILES string of the molecule is CC[C@@H](C(=O)NC1CCCCC1)N(Cc1cccc(C)c1)C(=O)Cc1ccc(C)c(C)c1. The van der Waals surface area contributed by atoms with Crippen molar-refractivity contribution >= 4 is 11.8 Å². The lowest BCUT2D eigenvalue weighted by Crippen LogP contribution is -2.52. The largest absolute Gasteiger partial charge is 0.352 e. The number of amides is 2. The van der Waals surface area contributed by atoms with Gasteiger partial charge in [0.05, 0.1) is 6.42 Å². The van der Waals surface area contributed by atoms with Gasteiger partial charge in [0, 0.05) is 12.6 Å². The molecule has 4 heteroatoms. The van der Waals surface area contributed by atoms with Gasteiger partial charge in [0.1, 0.15) is 6.04 Å². The van der Waals surface area contributed by atoms with E-state index in [4.69, 9.17) is 0 Å². The summed E-state index contributed by atoms with van der Waals surface area (Å²) in [6.07, 6.45) is 6.56. The first kappa shape index (κ1) is 24.0. The summed E-state index contributed by atoms with van der Waals surface area (Å²) < 4.78 is 0. The molecule has 2 aromatic carbocycles. The van der Waals surface area contributed by atoms with Gasteiger partial charge in [-0.2, -0.15) is 0 Å². The van der Waals surface area contributed by atoms with E-state index >= 15 is 0 Å². The van der Waals surface area contributed by atoms with Crippen molar-refractivity contribution in [3.63, 3.8) is 0 Å². The molecule has 1 atom stereocenters. The van der Waals surface area contributed by atoms with Crippen LogP contribution < -0.4 is 5.32 Å². The van der Waals surface area contributed by atoms with Crippen LogP contribution in [0.3, 0.4) is 0 Å². The Hall–Kier alpha value is -2.62. The van der Waals surface area contributed by atoms with E-state index in [2.05, 4.69) is 50.4 Å². The lowest BCUT2D eigenvalue weighted by molar-refractivity contribution is -0.141. The zero-order valence-corrected chi connectivity index (χ0v) is 20.1. The quantitative estimate of drug-likeness (QED) is 0.604. The molecule has 0 radical (unpaired) electrons. The maximum atomic E-state index is 13.5. The fourth-order valence-electron chi connectivity index (χ4n) is 4.66. The Morgan fingerprint density at radius 2 is 1.72 bits per heavy atom. The number of aryl methyl sites for hydroxylation is 3. The van der Waals surface area contributed by atoms with Crippen LogP contribution >= 0.6 is 0 Å². The van der Waals surface area contributed by atoms with Crippen LogP contribution in [0.15, 0.2) is 42.5 Å². The van der Waals surface area contributed by atoms with Gasteiger partial charge in [0.25, 0.3) is 0 Å². The number of hydrogen-bond acceptors (Lipinski definition) is 2. The summed E-state index contributed by atoms with van der Waals surface area (Å²) in [7, 11) is 0. The molecule has 1 N–H and O–H groups in total. The zero-order chi connectivity index (χ0) is 23.1. The van der Waals surface area contributed by atoms with Gasteiger partial charge in [-0.05, 0) is 62.3 Å². The van der Waals surface area contributed by atoms with E-state index in [-0.39, 0.29) is 17.9 Å². The Bertz CT molecular complexity index is 931. The van der Waals surface area contributed by atoms with Crippen molar-refractivity contribution in [3.05, 3.63) is 70.3 Å². The molecule has 0 aromatic heterocycles. The predicted molar refractivity (Wildman–Crippen MR) is 130 cm³/mol. The number of carbonyl (C=O) groups is 2. The fourth-order valence-corrected chi connectivity index (χ4v) is 4.66. The molecule has 0 unspecified atom stereocenters. The molecule has 2 amide bonds. The zero-order valence-electron chi connectivity index (χ0n) is 20.1. The summed E-state index contributed by atoms with van der Waals surface area (Å²) in [5.74, 6) is -0.0131. The van der Waals surface area contributed by atoms with Gasteiger partial charge in [0.2, 0.25) is 11.8 Å². The van der Waals surface area contributed by atoms with Crippen LogP contribution in [0.2, 0.25) is 0 Å². The van der Waals surface area contributed by atoms with Crippen LogP contribution in [0.5, 0.6) is 0 Å².